The maximum atomic E-state index is 12.0. The first kappa shape index (κ1) is 11.4. The van der Waals surface area contributed by atoms with Gasteiger partial charge in [0.05, 0.1) is 5.60 Å². The lowest BCUT2D eigenvalue weighted by molar-refractivity contribution is 0.0569. The zero-order valence-corrected chi connectivity index (χ0v) is 9.74. The van der Waals surface area contributed by atoms with Crippen LogP contribution >= 0.6 is 11.6 Å². The van der Waals surface area contributed by atoms with Crippen molar-refractivity contribution in [2.75, 3.05) is 13.1 Å². The zero-order valence-electron chi connectivity index (χ0n) is 8.98. The molecule has 0 saturated carbocycles. The van der Waals surface area contributed by atoms with Gasteiger partial charge in [-0.25, -0.2) is 0 Å². The number of carbonyl (C=O) groups is 1. The lowest BCUT2D eigenvalue weighted by Crippen LogP contribution is -2.34. The Morgan fingerprint density at radius 1 is 1.69 bits per heavy atom. The van der Waals surface area contributed by atoms with Crippen LogP contribution in [-0.4, -0.2) is 39.6 Å². The second-order valence-corrected chi connectivity index (χ2v) is 4.77. The third-order valence-electron chi connectivity index (χ3n) is 2.68. The summed E-state index contributed by atoms with van der Waals surface area (Å²) in [5.41, 5.74) is -0.459. The lowest BCUT2D eigenvalue weighted by atomic mass is 10.1. The molecule has 1 atom stereocenters. The lowest BCUT2D eigenvalue weighted by Gasteiger charge is -2.18. The van der Waals surface area contributed by atoms with Crippen molar-refractivity contribution in [1.29, 1.82) is 0 Å². The summed E-state index contributed by atoms with van der Waals surface area (Å²) < 4.78 is 0. The Hall–Kier alpha value is -1.13. The number of likely N-dealkylation sites (tertiary alicyclic amines) is 1. The van der Waals surface area contributed by atoms with Crippen molar-refractivity contribution in [3.05, 3.63) is 29.0 Å². The van der Waals surface area contributed by atoms with Crippen molar-refractivity contribution in [2.24, 2.45) is 0 Å². The monoisotopic (exact) mass is 240 g/mol. The predicted molar refractivity (Wildman–Crippen MR) is 60.4 cm³/mol. The molecule has 1 aromatic rings. The van der Waals surface area contributed by atoms with Gasteiger partial charge in [-0.15, -0.1) is 0 Å². The number of β-amino-alcohol motifs (C(OH)–C–C–N with tert-alkyl or cyclic N) is 1. The quantitative estimate of drug-likeness (QED) is 0.806. The normalized spacial score (nSPS) is 24.8. The highest BCUT2D eigenvalue weighted by Crippen LogP contribution is 2.22. The minimum atomic E-state index is -0.783. The van der Waals surface area contributed by atoms with E-state index in [2.05, 4.69) is 4.98 Å². The maximum absolute atomic E-state index is 12.0. The molecule has 0 aromatic carbocycles. The summed E-state index contributed by atoms with van der Waals surface area (Å²) >= 11 is 5.79. The van der Waals surface area contributed by atoms with Crippen LogP contribution in [0, 0.1) is 0 Å². The third kappa shape index (κ3) is 2.33. The van der Waals surface area contributed by atoms with Crippen molar-refractivity contribution in [3.63, 3.8) is 0 Å². The molecule has 1 fully saturated rings. The molecular formula is C11H13ClN2O2. The van der Waals surface area contributed by atoms with Crippen LogP contribution in [0.3, 0.4) is 0 Å². The maximum Gasteiger partial charge on any atom is 0.272 e. The van der Waals surface area contributed by atoms with Gasteiger partial charge in [0.1, 0.15) is 5.69 Å². The minimum Gasteiger partial charge on any atom is -0.388 e. The number of amides is 1. The molecule has 1 unspecified atom stereocenters. The molecule has 0 spiro atoms. The topological polar surface area (TPSA) is 53.4 Å². The van der Waals surface area contributed by atoms with E-state index in [9.17, 15) is 9.90 Å². The highest BCUT2D eigenvalue weighted by atomic mass is 35.5. The van der Waals surface area contributed by atoms with E-state index in [1.807, 2.05) is 0 Å². The summed E-state index contributed by atoms with van der Waals surface area (Å²) in [5, 5.41) is 10.3. The van der Waals surface area contributed by atoms with Gasteiger partial charge in [-0.2, -0.15) is 0 Å². The van der Waals surface area contributed by atoms with Gasteiger partial charge in [0, 0.05) is 24.3 Å². The number of hydrogen-bond acceptors (Lipinski definition) is 3. The number of pyridine rings is 1. The van der Waals surface area contributed by atoms with Gasteiger partial charge in [0.15, 0.2) is 0 Å². The van der Waals surface area contributed by atoms with E-state index in [1.54, 1.807) is 17.9 Å². The van der Waals surface area contributed by atoms with E-state index in [-0.39, 0.29) is 5.91 Å². The minimum absolute atomic E-state index is 0.180. The molecule has 2 heterocycles. The van der Waals surface area contributed by atoms with Crippen LogP contribution in [-0.2, 0) is 0 Å². The van der Waals surface area contributed by atoms with Gasteiger partial charge in [-0.3, -0.25) is 9.78 Å². The number of nitrogens with zero attached hydrogens (tertiary/aromatic N) is 2. The first-order valence-electron chi connectivity index (χ1n) is 5.11. The molecule has 1 aromatic heterocycles. The highest BCUT2D eigenvalue weighted by Gasteiger charge is 2.34. The van der Waals surface area contributed by atoms with E-state index < -0.39 is 5.60 Å². The number of hydrogen-bond donors (Lipinski definition) is 1. The van der Waals surface area contributed by atoms with E-state index in [1.165, 1.54) is 12.3 Å². The van der Waals surface area contributed by atoms with Crippen LogP contribution in [0.4, 0.5) is 0 Å². The molecule has 1 aliphatic heterocycles. The van der Waals surface area contributed by atoms with Crippen molar-refractivity contribution in [2.45, 2.75) is 18.9 Å². The van der Waals surface area contributed by atoms with Gasteiger partial charge >= 0.3 is 0 Å². The van der Waals surface area contributed by atoms with Crippen LogP contribution < -0.4 is 0 Å². The molecule has 16 heavy (non-hydrogen) atoms. The Bertz CT molecular complexity index is 420. The van der Waals surface area contributed by atoms with Crippen molar-refractivity contribution >= 4 is 17.5 Å². The number of rotatable bonds is 1. The fourth-order valence-corrected chi connectivity index (χ4v) is 1.96. The Morgan fingerprint density at radius 2 is 2.44 bits per heavy atom. The van der Waals surface area contributed by atoms with Gasteiger partial charge in [-0.05, 0) is 25.5 Å². The summed E-state index contributed by atoms with van der Waals surface area (Å²) in [4.78, 5) is 17.6. The van der Waals surface area contributed by atoms with Crippen molar-refractivity contribution in [1.82, 2.24) is 9.88 Å². The van der Waals surface area contributed by atoms with Crippen molar-refractivity contribution in [3.8, 4) is 0 Å². The zero-order chi connectivity index (χ0) is 11.8. The number of aromatic nitrogens is 1. The van der Waals surface area contributed by atoms with E-state index >= 15 is 0 Å². The molecule has 1 aliphatic rings. The second-order valence-electron chi connectivity index (χ2n) is 4.33. The third-order valence-corrected chi connectivity index (χ3v) is 2.92. The average Bonchev–Trinajstić information content (AvgIpc) is 2.58. The Morgan fingerprint density at radius 3 is 3.00 bits per heavy atom. The van der Waals surface area contributed by atoms with Crippen molar-refractivity contribution < 1.29 is 9.90 Å². The summed E-state index contributed by atoms with van der Waals surface area (Å²) in [5.74, 6) is -0.180. The van der Waals surface area contributed by atoms with Crippen LogP contribution in [0.1, 0.15) is 23.8 Å². The Balaban J connectivity index is 2.15. The summed E-state index contributed by atoms with van der Waals surface area (Å²) in [6, 6.07) is 3.16. The highest BCUT2D eigenvalue weighted by molar-refractivity contribution is 6.30. The van der Waals surface area contributed by atoms with Crippen LogP contribution in [0.2, 0.25) is 5.02 Å². The first-order valence-corrected chi connectivity index (χ1v) is 5.49. The van der Waals surface area contributed by atoms with E-state index in [0.29, 0.717) is 30.2 Å². The number of carbonyl (C=O) groups excluding carboxylic acids is 1. The molecule has 5 heteroatoms. The molecular weight excluding hydrogens is 228 g/mol. The SMILES string of the molecule is CC1(O)CCN(C(=O)c2cc(Cl)ccn2)C1. The summed E-state index contributed by atoms with van der Waals surface area (Å²) in [6.07, 6.45) is 2.10. The standard InChI is InChI=1S/C11H13ClN2O2/c1-11(16)3-5-14(7-11)10(15)9-6-8(12)2-4-13-9/h2,4,6,16H,3,5,7H2,1H3. The van der Waals surface area contributed by atoms with Crippen LogP contribution in [0.5, 0.6) is 0 Å². The smallest absolute Gasteiger partial charge is 0.272 e. The fraction of sp³-hybridized carbons (Fsp3) is 0.455. The Kier molecular flexibility index (Phi) is 2.86. The predicted octanol–water partition coefficient (Wildman–Crippen LogP) is 1.33. The molecule has 0 aliphatic carbocycles. The summed E-state index contributed by atoms with van der Waals surface area (Å²) in [6.45, 7) is 2.63. The fourth-order valence-electron chi connectivity index (χ4n) is 1.80. The number of aliphatic hydroxyl groups is 1. The summed E-state index contributed by atoms with van der Waals surface area (Å²) in [7, 11) is 0. The van der Waals surface area contributed by atoms with E-state index in [0.717, 1.165) is 0 Å². The molecule has 0 radical (unpaired) electrons. The molecule has 1 saturated heterocycles. The molecule has 2 rings (SSSR count). The second kappa shape index (κ2) is 4.03. The molecule has 0 bridgehead atoms. The average molecular weight is 241 g/mol. The van der Waals surface area contributed by atoms with Crippen LogP contribution in [0.25, 0.3) is 0 Å². The largest absolute Gasteiger partial charge is 0.388 e. The van der Waals surface area contributed by atoms with Gasteiger partial charge in [0.25, 0.3) is 5.91 Å². The van der Waals surface area contributed by atoms with Crippen LogP contribution in [0.15, 0.2) is 18.3 Å². The molecule has 1 N–H and O–H groups in total. The van der Waals surface area contributed by atoms with E-state index in [4.69, 9.17) is 11.6 Å². The molecule has 1 amide bonds. The van der Waals surface area contributed by atoms with Gasteiger partial charge in [0.2, 0.25) is 0 Å². The first-order chi connectivity index (χ1) is 7.48. The number of halogens is 1. The van der Waals surface area contributed by atoms with Gasteiger partial charge in [-0.1, -0.05) is 11.6 Å². The molecule has 86 valence electrons. The Labute approximate surface area is 98.9 Å². The van der Waals surface area contributed by atoms with Gasteiger partial charge < -0.3 is 10.0 Å². The molecule has 4 nitrogen and oxygen atoms in total.